The highest BCUT2D eigenvalue weighted by atomic mass is 79.9. The van der Waals surface area contributed by atoms with Crippen molar-refractivity contribution in [3.05, 3.63) is 20.8 Å². The quantitative estimate of drug-likeness (QED) is 0.753. The number of aromatic nitrogens is 1. The number of rotatable bonds is 5. The fourth-order valence-corrected chi connectivity index (χ4v) is 2.25. The first kappa shape index (κ1) is 16.2. The van der Waals surface area contributed by atoms with Crippen molar-refractivity contribution >= 4 is 43.7 Å². The molecular weight excluding hydrogens is 380 g/mol. The van der Waals surface area contributed by atoms with Crippen LogP contribution in [0.3, 0.4) is 0 Å². The number of amides is 1. The van der Waals surface area contributed by atoms with E-state index in [2.05, 4.69) is 42.2 Å². The molecule has 7 heteroatoms. The van der Waals surface area contributed by atoms with Crippen LogP contribution in [-0.2, 0) is 9.53 Å². The highest BCUT2D eigenvalue weighted by molar-refractivity contribution is 9.13. The average molecular weight is 396 g/mol. The van der Waals surface area contributed by atoms with Gasteiger partial charge in [-0.15, -0.1) is 0 Å². The molecule has 19 heavy (non-hydrogen) atoms. The predicted octanol–water partition coefficient (Wildman–Crippen LogP) is 2.86. The van der Waals surface area contributed by atoms with E-state index in [4.69, 9.17) is 4.74 Å². The number of ether oxygens (including phenoxy) is 1. The number of methoxy groups -OCH3 is 1. The van der Waals surface area contributed by atoms with E-state index in [-0.39, 0.29) is 11.8 Å². The molecule has 1 heterocycles. The van der Waals surface area contributed by atoms with Crippen LogP contribution in [0.15, 0.2) is 15.1 Å². The lowest BCUT2D eigenvalue weighted by atomic mass is 10.0. The monoisotopic (exact) mass is 394 g/mol. The number of halogens is 2. The second-order valence-electron chi connectivity index (χ2n) is 4.52. The van der Waals surface area contributed by atoms with Gasteiger partial charge in [0.05, 0.1) is 16.2 Å². The largest absolute Gasteiger partial charge is 0.467 e. The molecule has 1 atom stereocenters. The summed E-state index contributed by atoms with van der Waals surface area (Å²) in [5.74, 6) is -0.513. The maximum absolute atomic E-state index is 12.0. The van der Waals surface area contributed by atoms with Gasteiger partial charge in [-0.1, -0.05) is 13.8 Å². The summed E-state index contributed by atoms with van der Waals surface area (Å²) in [5, 5.41) is 2.67. The number of esters is 1. The molecule has 0 aliphatic carbocycles. The molecule has 0 spiro atoms. The molecule has 5 nitrogen and oxygen atoms in total. The number of hydrogen-bond acceptors (Lipinski definition) is 3. The third-order valence-corrected chi connectivity index (χ3v) is 4.25. The Labute approximate surface area is 128 Å². The summed E-state index contributed by atoms with van der Waals surface area (Å²) in [6.07, 6.45) is 0.529. The standard InChI is InChI=1S/C12H16Br2N2O3/c1-6(2)4-9(12(18)19-3)16-11(17)8-5-7(13)10(14)15-8/h5-6,9,15H,4H2,1-3H3,(H,16,17)/t9-/m0/s1. The van der Waals surface area contributed by atoms with Crippen molar-refractivity contribution in [3.63, 3.8) is 0 Å². The minimum atomic E-state index is -0.640. The minimum absolute atomic E-state index is 0.270. The zero-order valence-corrected chi connectivity index (χ0v) is 14.1. The van der Waals surface area contributed by atoms with Crippen LogP contribution in [-0.4, -0.2) is 30.0 Å². The first-order valence-electron chi connectivity index (χ1n) is 5.77. The Morgan fingerprint density at radius 2 is 2.05 bits per heavy atom. The normalized spacial score (nSPS) is 12.3. The lowest BCUT2D eigenvalue weighted by Crippen LogP contribution is -2.42. The molecule has 0 radical (unpaired) electrons. The Bertz CT molecular complexity index is 452. The van der Waals surface area contributed by atoms with Gasteiger partial charge in [-0.05, 0) is 50.3 Å². The van der Waals surface area contributed by atoms with Gasteiger partial charge >= 0.3 is 5.97 Å². The minimum Gasteiger partial charge on any atom is -0.467 e. The third kappa shape index (κ3) is 4.65. The molecule has 0 fully saturated rings. The Morgan fingerprint density at radius 1 is 1.42 bits per heavy atom. The lowest BCUT2D eigenvalue weighted by Gasteiger charge is -2.17. The third-order valence-electron chi connectivity index (χ3n) is 2.47. The highest BCUT2D eigenvalue weighted by Gasteiger charge is 2.24. The Balaban J connectivity index is 2.78. The smallest absolute Gasteiger partial charge is 0.328 e. The van der Waals surface area contributed by atoms with Gasteiger partial charge in [-0.2, -0.15) is 0 Å². The van der Waals surface area contributed by atoms with Gasteiger partial charge in [-0.3, -0.25) is 4.79 Å². The number of nitrogens with one attached hydrogen (secondary N) is 2. The van der Waals surface area contributed by atoms with Gasteiger partial charge in [0.1, 0.15) is 11.7 Å². The molecule has 0 aromatic carbocycles. The number of hydrogen-bond donors (Lipinski definition) is 2. The van der Waals surface area contributed by atoms with Crippen LogP contribution in [0.4, 0.5) is 0 Å². The van der Waals surface area contributed by atoms with Crippen LogP contribution < -0.4 is 5.32 Å². The Morgan fingerprint density at radius 3 is 2.47 bits per heavy atom. The molecule has 0 aliphatic heterocycles. The van der Waals surface area contributed by atoms with Crippen molar-refractivity contribution < 1.29 is 14.3 Å². The van der Waals surface area contributed by atoms with Gasteiger partial charge in [0, 0.05) is 0 Å². The summed E-state index contributed by atoms with van der Waals surface area (Å²) >= 11 is 6.54. The van der Waals surface area contributed by atoms with E-state index in [0.717, 1.165) is 4.47 Å². The van der Waals surface area contributed by atoms with Crippen molar-refractivity contribution in [2.45, 2.75) is 26.3 Å². The SMILES string of the molecule is COC(=O)[C@H](CC(C)C)NC(=O)c1cc(Br)c(Br)[nH]1. The molecule has 1 aromatic heterocycles. The van der Waals surface area contributed by atoms with E-state index >= 15 is 0 Å². The Kier molecular flexibility index (Phi) is 6.06. The molecule has 0 bridgehead atoms. The van der Waals surface area contributed by atoms with E-state index in [0.29, 0.717) is 16.7 Å². The molecule has 1 rings (SSSR count). The summed E-state index contributed by atoms with van der Waals surface area (Å²) in [6, 6.07) is 1.00. The van der Waals surface area contributed by atoms with Gasteiger partial charge in [-0.25, -0.2) is 4.79 Å². The predicted molar refractivity (Wildman–Crippen MR) is 78.9 cm³/mol. The zero-order chi connectivity index (χ0) is 14.6. The van der Waals surface area contributed by atoms with Crippen molar-refractivity contribution in [1.82, 2.24) is 10.3 Å². The molecule has 0 saturated heterocycles. The van der Waals surface area contributed by atoms with Crippen LogP contribution in [0.5, 0.6) is 0 Å². The molecule has 2 N–H and O–H groups in total. The highest BCUT2D eigenvalue weighted by Crippen LogP contribution is 2.23. The van der Waals surface area contributed by atoms with Gasteiger partial charge in [0.15, 0.2) is 0 Å². The van der Waals surface area contributed by atoms with E-state index in [1.807, 2.05) is 13.8 Å². The van der Waals surface area contributed by atoms with Crippen molar-refractivity contribution in [1.29, 1.82) is 0 Å². The topological polar surface area (TPSA) is 71.2 Å². The maximum Gasteiger partial charge on any atom is 0.328 e. The molecule has 106 valence electrons. The van der Waals surface area contributed by atoms with E-state index < -0.39 is 12.0 Å². The second-order valence-corrected chi connectivity index (χ2v) is 6.17. The lowest BCUT2D eigenvalue weighted by molar-refractivity contribution is -0.143. The Hall–Kier alpha value is -0.820. The van der Waals surface area contributed by atoms with Crippen LogP contribution >= 0.6 is 31.9 Å². The number of aromatic amines is 1. The summed E-state index contributed by atoms with van der Waals surface area (Å²) in [5.41, 5.74) is 0.372. The fraction of sp³-hybridized carbons (Fsp3) is 0.500. The summed E-state index contributed by atoms with van der Waals surface area (Å²) in [6.45, 7) is 3.95. The van der Waals surface area contributed by atoms with Gasteiger partial charge < -0.3 is 15.0 Å². The van der Waals surface area contributed by atoms with E-state index in [1.54, 1.807) is 6.07 Å². The first-order valence-corrected chi connectivity index (χ1v) is 7.36. The number of carbonyl (C=O) groups is 2. The molecule has 1 aromatic rings. The van der Waals surface area contributed by atoms with E-state index in [1.165, 1.54) is 7.11 Å². The molecule has 0 aliphatic rings. The summed E-state index contributed by atoms with van der Waals surface area (Å²) < 4.78 is 6.12. The van der Waals surface area contributed by atoms with Gasteiger partial charge in [0.2, 0.25) is 0 Å². The van der Waals surface area contributed by atoms with Crippen LogP contribution in [0, 0.1) is 5.92 Å². The second kappa shape index (κ2) is 7.09. The van der Waals surface area contributed by atoms with E-state index in [9.17, 15) is 9.59 Å². The van der Waals surface area contributed by atoms with Crippen molar-refractivity contribution in [2.24, 2.45) is 5.92 Å². The van der Waals surface area contributed by atoms with Crippen LogP contribution in [0.1, 0.15) is 30.8 Å². The van der Waals surface area contributed by atoms with Crippen molar-refractivity contribution in [2.75, 3.05) is 7.11 Å². The fourth-order valence-electron chi connectivity index (χ4n) is 1.59. The summed E-state index contributed by atoms with van der Waals surface area (Å²) in [4.78, 5) is 26.5. The first-order chi connectivity index (χ1) is 8.85. The molecule has 1 amide bonds. The van der Waals surface area contributed by atoms with Crippen LogP contribution in [0.25, 0.3) is 0 Å². The summed E-state index contributed by atoms with van der Waals surface area (Å²) in [7, 11) is 1.31. The van der Waals surface area contributed by atoms with Gasteiger partial charge in [0.25, 0.3) is 5.91 Å². The molecule has 0 unspecified atom stereocenters. The molecular formula is C12H16Br2N2O3. The van der Waals surface area contributed by atoms with Crippen LogP contribution in [0.2, 0.25) is 0 Å². The number of H-pyrrole nitrogens is 1. The zero-order valence-electron chi connectivity index (χ0n) is 10.9. The number of carbonyl (C=O) groups excluding carboxylic acids is 2. The van der Waals surface area contributed by atoms with Crippen molar-refractivity contribution in [3.8, 4) is 0 Å². The maximum atomic E-state index is 12.0. The molecule has 0 saturated carbocycles. The average Bonchev–Trinajstić information content (AvgIpc) is 2.67.